The molecule has 2 aromatic rings. The highest BCUT2D eigenvalue weighted by Crippen LogP contribution is 2.34. The van der Waals surface area contributed by atoms with Crippen LogP contribution in [0.4, 0.5) is 4.39 Å². The van der Waals surface area contributed by atoms with Gasteiger partial charge in [0.1, 0.15) is 11.5 Å². The van der Waals surface area contributed by atoms with E-state index in [1.54, 1.807) is 17.0 Å². The Balaban J connectivity index is 1.48. The van der Waals surface area contributed by atoms with Crippen molar-refractivity contribution in [2.45, 2.75) is 31.4 Å². The highest BCUT2D eigenvalue weighted by molar-refractivity contribution is 7.18. The highest BCUT2D eigenvalue weighted by atomic mass is 35.5. The molecular formula is C18H16ClFN2O2S. The Morgan fingerprint density at radius 2 is 2.24 bits per heavy atom. The van der Waals surface area contributed by atoms with Crippen molar-refractivity contribution < 1.29 is 14.0 Å². The number of nitrogens with zero attached hydrogens (tertiary/aromatic N) is 2. The van der Waals surface area contributed by atoms with E-state index in [0.29, 0.717) is 17.3 Å². The van der Waals surface area contributed by atoms with Crippen LogP contribution in [0.5, 0.6) is 0 Å². The molecule has 4 rings (SSSR count). The van der Waals surface area contributed by atoms with Gasteiger partial charge in [-0.3, -0.25) is 4.79 Å². The fraction of sp³-hybridized carbons (Fsp3) is 0.333. The zero-order valence-corrected chi connectivity index (χ0v) is 14.9. The van der Waals surface area contributed by atoms with Crippen molar-refractivity contribution >= 4 is 34.6 Å². The second kappa shape index (κ2) is 6.77. The number of carbonyl (C=O) groups is 1. The third kappa shape index (κ3) is 3.28. The molecule has 0 bridgehead atoms. The molecule has 4 nitrogen and oxygen atoms in total. The van der Waals surface area contributed by atoms with E-state index in [4.69, 9.17) is 16.4 Å². The minimum absolute atomic E-state index is 0.0897. The molecule has 0 radical (unpaired) electrons. The molecule has 1 saturated heterocycles. The minimum Gasteiger partial charge on any atom is -0.382 e. The maximum atomic E-state index is 13.5. The van der Waals surface area contributed by atoms with Gasteiger partial charge in [-0.05, 0) is 42.7 Å². The SMILES string of the molecule is O=C([C@@H]1CC(c2ccc(Cl)s2)=NO1)N1CCC[C@@H]1c1cccc(F)c1. The molecule has 0 unspecified atom stereocenters. The van der Waals surface area contributed by atoms with E-state index in [1.165, 1.54) is 23.5 Å². The molecule has 2 aliphatic heterocycles. The summed E-state index contributed by atoms with van der Waals surface area (Å²) in [5.74, 6) is -0.373. The number of hydrogen-bond acceptors (Lipinski definition) is 4. The molecule has 2 aliphatic rings. The van der Waals surface area contributed by atoms with Gasteiger partial charge in [0.15, 0.2) is 0 Å². The topological polar surface area (TPSA) is 41.9 Å². The molecular weight excluding hydrogens is 363 g/mol. The minimum atomic E-state index is -0.620. The highest BCUT2D eigenvalue weighted by Gasteiger charge is 2.38. The lowest BCUT2D eigenvalue weighted by Gasteiger charge is -2.26. The number of rotatable bonds is 3. The summed E-state index contributed by atoms with van der Waals surface area (Å²) in [5.41, 5.74) is 1.58. The number of likely N-dealkylation sites (tertiary alicyclic amines) is 1. The summed E-state index contributed by atoms with van der Waals surface area (Å²) in [5, 5.41) is 4.07. The van der Waals surface area contributed by atoms with Crippen LogP contribution >= 0.6 is 22.9 Å². The van der Waals surface area contributed by atoms with Gasteiger partial charge >= 0.3 is 0 Å². The van der Waals surface area contributed by atoms with Gasteiger partial charge in [-0.25, -0.2) is 4.39 Å². The number of carbonyl (C=O) groups excluding carboxylic acids is 1. The molecule has 0 saturated carbocycles. The Hall–Kier alpha value is -1.92. The third-order valence-electron chi connectivity index (χ3n) is 4.57. The normalized spacial score (nSPS) is 22.8. The molecule has 0 spiro atoms. The standard InChI is InChI=1S/C18H16ClFN2O2S/c19-17-7-6-16(25-17)13-10-15(24-21-13)18(23)22-8-2-5-14(22)11-3-1-4-12(20)9-11/h1,3-4,6-7,9,14-15H,2,5,8,10H2/t14-,15+/m1/s1. The number of amides is 1. The van der Waals surface area contributed by atoms with E-state index in [0.717, 1.165) is 29.0 Å². The van der Waals surface area contributed by atoms with Gasteiger partial charge in [-0.1, -0.05) is 28.9 Å². The van der Waals surface area contributed by atoms with E-state index < -0.39 is 6.10 Å². The second-order valence-electron chi connectivity index (χ2n) is 6.18. The largest absolute Gasteiger partial charge is 0.382 e. The maximum absolute atomic E-state index is 13.5. The van der Waals surface area contributed by atoms with Gasteiger partial charge in [0.2, 0.25) is 6.10 Å². The van der Waals surface area contributed by atoms with Crippen LogP contribution in [0.1, 0.15) is 35.7 Å². The molecule has 0 aliphatic carbocycles. The Morgan fingerprint density at radius 3 is 3.00 bits per heavy atom. The molecule has 1 aromatic carbocycles. The van der Waals surface area contributed by atoms with E-state index in [-0.39, 0.29) is 17.8 Å². The van der Waals surface area contributed by atoms with Gasteiger partial charge in [0.25, 0.3) is 5.91 Å². The quantitative estimate of drug-likeness (QED) is 0.794. The van der Waals surface area contributed by atoms with Crippen molar-refractivity contribution in [1.82, 2.24) is 4.90 Å². The van der Waals surface area contributed by atoms with Crippen LogP contribution in [0.3, 0.4) is 0 Å². The van der Waals surface area contributed by atoms with E-state index in [2.05, 4.69) is 5.16 Å². The lowest BCUT2D eigenvalue weighted by Crippen LogP contribution is -2.38. The molecule has 1 aromatic heterocycles. The molecule has 7 heteroatoms. The van der Waals surface area contributed by atoms with Crippen molar-refractivity contribution in [3.63, 3.8) is 0 Å². The lowest BCUT2D eigenvalue weighted by molar-refractivity contribution is -0.143. The van der Waals surface area contributed by atoms with Gasteiger partial charge < -0.3 is 9.74 Å². The van der Waals surface area contributed by atoms with E-state index in [1.807, 2.05) is 12.1 Å². The fourth-order valence-electron chi connectivity index (χ4n) is 3.40. The Kier molecular flexibility index (Phi) is 4.48. The Morgan fingerprint density at radius 1 is 1.36 bits per heavy atom. The van der Waals surface area contributed by atoms with Crippen LogP contribution in [0.25, 0.3) is 0 Å². The zero-order chi connectivity index (χ0) is 17.4. The second-order valence-corrected chi connectivity index (χ2v) is 7.90. The summed E-state index contributed by atoms with van der Waals surface area (Å²) in [7, 11) is 0. The van der Waals surface area contributed by atoms with E-state index >= 15 is 0 Å². The monoisotopic (exact) mass is 378 g/mol. The predicted molar refractivity (Wildman–Crippen MR) is 95.4 cm³/mol. The van der Waals surface area contributed by atoms with Gasteiger partial charge in [0, 0.05) is 13.0 Å². The number of benzene rings is 1. The molecule has 1 amide bonds. The van der Waals surface area contributed by atoms with Gasteiger partial charge in [-0.2, -0.15) is 0 Å². The van der Waals surface area contributed by atoms with Crippen molar-refractivity contribution in [2.24, 2.45) is 5.16 Å². The molecule has 25 heavy (non-hydrogen) atoms. The number of halogens is 2. The molecule has 2 atom stereocenters. The number of oxime groups is 1. The molecule has 0 N–H and O–H groups in total. The first-order valence-corrected chi connectivity index (χ1v) is 9.35. The van der Waals surface area contributed by atoms with Crippen LogP contribution in [0.15, 0.2) is 41.6 Å². The first kappa shape index (κ1) is 16.5. The predicted octanol–water partition coefficient (Wildman–Crippen LogP) is 4.40. The Bertz CT molecular complexity index is 838. The first-order valence-electron chi connectivity index (χ1n) is 8.16. The first-order chi connectivity index (χ1) is 12.1. The third-order valence-corrected chi connectivity index (χ3v) is 5.85. The summed E-state index contributed by atoms with van der Waals surface area (Å²) < 4.78 is 14.2. The fourth-order valence-corrected chi connectivity index (χ4v) is 4.43. The smallest absolute Gasteiger partial charge is 0.267 e. The average Bonchev–Trinajstić information content (AvgIpc) is 3.34. The van der Waals surface area contributed by atoms with Crippen LogP contribution in [0, 0.1) is 5.82 Å². The summed E-state index contributed by atoms with van der Waals surface area (Å²) >= 11 is 7.38. The Labute approximate surface area is 153 Å². The van der Waals surface area contributed by atoms with Crippen LogP contribution in [-0.2, 0) is 9.63 Å². The lowest BCUT2D eigenvalue weighted by atomic mass is 10.0. The number of hydrogen-bond donors (Lipinski definition) is 0. The summed E-state index contributed by atoms with van der Waals surface area (Å²) in [6.45, 7) is 0.653. The molecule has 3 heterocycles. The van der Waals surface area contributed by atoms with Crippen molar-refractivity contribution in [3.8, 4) is 0 Å². The zero-order valence-electron chi connectivity index (χ0n) is 13.3. The molecule has 130 valence electrons. The summed E-state index contributed by atoms with van der Waals surface area (Å²) in [4.78, 5) is 21.0. The number of thiophene rings is 1. The summed E-state index contributed by atoms with van der Waals surface area (Å²) in [6, 6.07) is 10.0. The van der Waals surface area contributed by atoms with Crippen LogP contribution < -0.4 is 0 Å². The van der Waals surface area contributed by atoms with Crippen LogP contribution in [-0.4, -0.2) is 29.2 Å². The van der Waals surface area contributed by atoms with Crippen molar-refractivity contribution in [1.29, 1.82) is 0 Å². The van der Waals surface area contributed by atoms with Crippen molar-refractivity contribution in [2.75, 3.05) is 6.54 Å². The van der Waals surface area contributed by atoms with E-state index in [9.17, 15) is 9.18 Å². The maximum Gasteiger partial charge on any atom is 0.267 e. The summed E-state index contributed by atoms with van der Waals surface area (Å²) in [6.07, 6.45) is 1.54. The van der Waals surface area contributed by atoms with Crippen molar-refractivity contribution in [3.05, 3.63) is 57.0 Å². The van der Waals surface area contributed by atoms with Crippen LogP contribution in [0.2, 0.25) is 4.34 Å². The van der Waals surface area contributed by atoms with Gasteiger partial charge in [-0.15, -0.1) is 11.3 Å². The molecule has 1 fully saturated rings. The average molecular weight is 379 g/mol. The van der Waals surface area contributed by atoms with Gasteiger partial charge in [0.05, 0.1) is 15.3 Å².